The van der Waals surface area contributed by atoms with Gasteiger partial charge < -0.3 is 29.0 Å². The molecule has 0 radical (unpaired) electrons. The van der Waals surface area contributed by atoms with E-state index in [1.165, 1.54) is 0 Å². The van der Waals surface area contributed by atoms with E-state index in [9.17, 15) is 4.79 Å². The zero-order chi connectivity index (χ0) is 19.0. The van der Waals surface area contributed by atoms with Gasteiger partial charge in [0.2, 0.25) is 0 Å². The predicted octanol–water partition coefficient (Wildman–Crippen LogP) is 1.66. The lowest BCUT2D eigenvalue weighted by Gasteiger charge is -2.22. The molecule has 1 N–H and O–H groups in total. The van der Waals surface area contributed by atoms with Gasteiger partial charge in [-0.1, -0.05) is 18.2 Å². The first-order chi connectivity index (χ1) is 13.4. The first-order valence-corrected chi connectivity index (χ1v) is 9.64. The van der Waals surface area contributed by atoms with Gasteiger partial charge in [-0.15, -0.1) is 0 Å². The molecular weight excluding hydrogens is 350 g/mol. The van der Waals surface area contributed by atoms with E-state index in [1.54, 1.807) is 24.3 Å². The lowest BCUT2D eigenvalue weighted by atomic mass is 10.1. The minimum absolute atomic E-state index is 0.230. The Labute approximate surface area is 161 Å². The molecule has 1 fully saturated rings. The summed E-state index contributed by atoms with van der Waals surface area (Å²) in [4.78, 5) is 11.7. The molecule has 1 heterocycles. The minimum atomic E-state index is -0.336. The summed E-state index contributed by atoms with van der Waals surface area (Å²) >= 11 is 0. The number of ether oxygens (including phenoxy) is 5. The molecule has 0 aliphatic carbocycles. The van der Waals surface area contributed by atoms with Crippen molar-refractivity contribution in [1.29, 1.82) is 0 Å². The largest absolute Gasteiger partial charge is 0.460 e. The van der Waals surface area contributed by atoms with Gasteiger partial charge in [0, 0.05) is 0 Å². The van der Waals surface area contributed by atoms with Crippen molar-refractivity contribution in [1.82, 2.24) is 5.32 Å². The lowest BCUT2D eigenvalue weighted by molar-refractivity contribution is -0.0270. The molecule has 0 spiro atoms. The van der Waals surface area contributed by atoms with Crippen LogP contribution in [-0.4, -0.2) is 78.0 Å². The zero-order valence-corrected chi connectivity index (χ0v) is 15.9. The number of rotatable bonds is 14. The standard InChI is InChI=1S/C20H31NO6/c22-20(18-4-2-1-3-5-18)27-17-15-25-13-11-23-10-12-24-14-16-26-19-6-8-21-9-7-19/h1-5,19,21H,6-17H2. The van der Waals surface area contributed by atoms with Crippen LogP contribution < -0.4 is 5.32 Å². The van der Waals surface area contributed by atoms with E-state index in [2.05, 4.69) is 5.32 Å². The molecule has 7 nitrogen and oxygen atoms in total. The predicted molar refractivity (Wildman–Crippen MR) is 101 cm³/mol. The highest BCUT2D eigenvalue weighted by molar-refractivity contribution is 5.89. The van der Waals surface area contributed by atoms with E-state index < -0.39 is 0 Å². The van der Waals surface area contributed by atoms with E-state index in [-0.39, 0.29) is 12.6 Å². The molecule has 0 unspecified atom stereocenters. The fourth-order valence-electron chi connectivity index (χ4n) is 2.63. The maximum atomic E-state index is 11.7. The topological polar surface area (TPSA) is 75.3 Å². The average molecular weight is 381 g/mol. The van der Waals surface area contributed by atoms with E-state index >= 15 is 0 Å². The van der Waals surface area contributed by atoms with Crippen molar-refractivity contribution in [2.24, 2.45) is 0 Å². The number of piperidine rings is 1. The molecule has 1 saturated heterocycles. The highest BCUT2D eigenvalue weighted by atomic mass is 16.6. The number of benzene rings is 1. The van der Waals surface area contributed by atoms with Crippen LogP contribution in [-0.2, 0) is 23.7 Å². The lowest BCUT2D eigenvalue weighted by Crippen LogP contribution is -2.33. The van der Waals surface area contributed by atoms with Crippen LogP contribution in [0, 0.1) is 0 Å². The van der Waals surface area contributed by atoms with Gasteiger partial charge in [-0.05, 0) is 38.1 Å². The molecule has 1 aliphatic heterocycles. The normalized spacial score (nSPS) is 15.0. The van der Waals surface area contributed by atoms with Crippen LogP contribution >= 0.6 is 0 Å². The van der Waals surface area contributed by atoms with Gasteiger partial charge in [0.05, 0.1) is 57.9 Å². The Balaban J connectivity index is 1.29. The fourth-order valence-corrected chi connectivity index (χ4v) is 2.63. The summed E-state index contributed by atoms with van der Waals surface area (Å²) in [5.74, 6) is -0.336. The van der Waals surface area contributed by atoms with Crippen LogP contribution in [0.4, 0.5) is 0 Å². The van der Waals surface area contributed by atoms with Gasteiger partial charge in [-0.25, -0.2) is 4.79 Å². The molecule has 2 rings (SSSR count). The van der Waals surface area contributed by atoms with Gasteiger partial charge >= 0.3 is 5.97 Å². The van der Waals surface area contributed by atoms with Crippen LogP contribution in [0.3, 0.4) is 0 Å². The monoisotopic (exact) mass is 381 g/mol. The van der Waals surface area contributed by atoms with Gasteiger partial charge in [0.1, 0.15) is 6.61 Å². The first-order valence-electron chi connectivity index (χ1n) is 9.64. The summed E-state index contributed by atoms with van der Waals surface area (Å²) in [6, 6.07) is 8.90. The van der Waals surface area contributed by atoms with Crippen LogP contribution in [0.2, 0.25) is 0 Å². The van der Waals surface area contributed by atoms with Gasteiger partial charge in [-0.2, -0.15) is 0 Å². The number of nitrogens with one attached hydrogen (secondary N) is 1. The van der Waals surface area contributed by atoms with Crippen molar-refractivity contribution in [3.63, 3.8) is 0 Å². The van der Waals surface area contributed by atoms with Crippen molar-refractivity contribution in [3.8, 4) is 0 Å². The Hall–Kier alpha value is -1.51. The second-order valence-corrected chi connectivity index (χ2v) is 6.16. The van der Waals surface area contributed by atoms with Crippen LogP contribution in [0.25, 0.3) is 0 Å². The van der Waals surface area contributed by atoms with Crippen molar-refractivity contribution in [2.45, 2.75) is 18.9 Å². The Kier molecular flexibility index (Phi) is 11.7. The summed E-state index contributed by atoms with van der Waals surface area (Å²) in [5, 5.41) is 3.31. The number of esters is 1. The number of hydrogen-bond donors (Lipinski definition) is 1. The van der Waals surface area contributed by atoms with Gasteiger partial charge in [0.25, 0.3) is 0 Å². The zero-order valence-electron chi connectivity index (χ0n) is 15.9. The summed E-state index contributed by atoms with van der Waals surface area (Å²) in [5.41, 5.74) is 0.544. The number of hydrogen-bond acceptors (Lipinski definition) is 7. The molecule has 1 aromatic rings. The molecule has 0 aromatic heterocycles. The van der Waals surface area contributed by atoms with Gasteiger partial charge in [-0.3, -0.25) is 0 Å². The Morgan fingerprint density at radius 1 is 0.815 bits per heavy atom. The maximum Gasteiger partial charge on any atom is 0.338 e. The third kappa shape index (κ3) is 10.4. The molecule has 1 aromatic carbocycles. The summed E-state index contributed by atoms with van der Waals surface area (Å²) in [6.07, 6.45) is 2.53. The Morgan fingerprint density at radius 3 is 2.00 bits per heavy atom. The molecule has 0 atom stereocenters. The fraction of sp³-hybridized carbons (Fsp3) is 0.650. The van der Waals surface area contributed by atoms with E-state index in [4.69, 9.17) is 23.7 Å². The quantitative estimate of drug-likeness (QED) is 0.388. The van der Waals surface area contributed by atoms with Crippen molar-refractivity contribution >= 4 is 5.97 Å². The summed E-state index contributed by atoms with van der Waals surface area (Å²) in [7, 11) is 0. The van der Waals surface area contributed by atoms with E-state index in [1.807, 2.05) is 6.07 Å². The third-order valence-electron chi connectivity index (χ3n) is 4.08. The van der Waals surface area contributed by atoms with Crippen LogP contribution in [0.1, 0.15) is 23.2 Å². The van der Waals surface area contributed by atoms with Crippen molar-refractivity contribution in [3.05, 3.63) is 35.9 Å². The smallest absolute Gasteiger partial charge is 0.338 e. The molecule has 0 saturated carbocycles. The minimum Gasteiger partial charge on any atom is -0.460 e. The van der Waals surface area contributed by atoms with Crippen molar-refractivity contribution in [2.75, 3.05) is 65.9 Å². The summed E-state index contributed by atoms with van der Waals surface area (Å²) in [6.45, 7) is 5.91. The SMILES string of the molecule is O=C(OCCOCCOCCOCCOC1CCNCC1)c1ccccc1. The maximum absolute atomic E-state index is 11.7. The molecular formula is C20H31NO6. The van der Waals surface area contributed by atoms with E-state index in [0.29, 0.717) is 57.9 Å². The Morgan fingerprint density at radius 2 is 1.37 bits per heavy atom. The molecule has 152 valence electrons. The first kappa shape index (κ1) is 21.8. The van der Waals surface area contributed by atoms with E-state index in [0.717, 1.165) is 25.9 Å². The summed E-state index contributed by atoms with van der Waals surface area (Å²) < 4.78 is 27.1. The Bertz CT molecular complexity index is 493. The molecule has 0 amide bonds. The van der Waals surface area contributed by atoms with Crippen LogP contribution in [0.5, 0.6) is 0 Å². The van der Waals surface area contributed by atoms with Crippen LogP contribution in [0.15, 0.2) is 30.3 Å². The average Bonchev–Trinajstić information content (AvgIpc) is 2.72. The van der Waals surface area contributed by atoms with Crippen molar-refractivity contribution < 1.29 is 28.5 Å². The highest BCUT2D eigenvalue weighted by Crippen LogP contribution is 2.06. The molecule has 27 heavy (non-hydrogen) atoms. The second kappa shape index (κ2) is 14.5. The third-order valence-corrected chi connectivity index (χ3v) is 4.08. The number of carbonyl (C=O) groups excluding carboxylic acids is 1. The number of carbonyl (C=O) groups is 1. The van der Waals surface area contributed by atoms with Gasteiger partial charge in [0.15, 0.2) is 0 Å². The highest BCUT2D eigenvalue weighted by Gasteiger charge is 2.12. The molecule has 1 aliphatic rings. The molecule has 7 heteroatoms. The molecule has 0 bridgehead atoms. The second-order valence-electron chi connectivity index (χ2n) is 6.16.